The van der Waals surface area contributed by atoms with Gasteiger partial charge in [-0.2, -0.15) is 0 Å². The molecule has 0 amide bonds. The van der Waals surface area contributed by atoms with E-state index in [1.54, 1.807) is 6.07 Å². The largest absolute Gasteiger partial charge is 0.456 e. The van der Waals surface area contributed by atoms with Crippen LogP contribution in [0.4, 0.5) is 0 Å². The third kappa shape index (κ3) is 5.53. The van der Waals surface area contributed by atoms with E-state index in [0.717, 1.165) is 28.0 Å². The fourth-order valence-corrected chi connectivity index (χ4v) is 6.73. The van der Waals surface area contributed by atoms with Gasteiger partial charge in [0.05, 0.1) is 24.8 Å². The van der Waals surface area contributed by atoms with Crippen molar-refractivity contribution in [2.45, 2.75) is 0 Å². The average molecular weight is 732 g/mol. The zero-order valence-corrected chi connectivity index (χ0v) is 29.0. The molecule has 0 N–H and O–H groups in total. The van der Waals surface area contributed by atoms with E-state index >= 15 is 0 Å². The van der Waals surface area contributed by atoms with Gasteiger partial charge in [0.15, 0.2) is 17.5 Å². The van der Waals surface area contributed by atoms with Crippen molar-refractivity contribution in [3.05, 3.63) is 188 Å². The topological polar surface area (TPSA) is 65.0 Å². The normalized spacial score (nSPS) is 15.1. The third-order valence-electron chi connectivity index (χ3n) is 9.47. The summed E-state index contributed by atoms with van der Waals surface area (Å²) in [6, 6.07) is 22.6. The highest BCUT2D eigenvalue weighted by Crippen LogP contribution is 2.38. The fourth-order valence-electron chi connectivity index (χ4n) is 6.73. The van der Waals surface area contributed by atoms with Gasteiger partial charge in [-0.25, -0.2) is 15.0 Å². The van der Waals surface area contributed by atoms with Crippen LogP contribution in [0.3, 0.4) is 0 Å². The summed E-state index contributed by atoms with van der Waals surface area (Å²) in [5.74, 6) is 0.189. The summed E-state index contributed by atoms with van der Waals surface area (Å²) < 4.78 is 137. The number of rotatable bonds is 6. The highest BCUT2D eigenvalue weighted by Gasteiger charge is 2.19. The molecule has 0 aliphatic rings. The van der Waals surface area contributed by atoms with Crippen LogP contribution < -0.4 is 0 Å². The van der Waals surface area contributed by atoms with Crippen molar-refractivity contribution in [1.29, 1.82) is 0 Å². The van der Waals surface area contributed by atoms with Gasteiger partial charge in [-0.3, -0.25) is 0 Å². The van der Waals surface area contributed by atoms with E-state index in [1.165, 1.54) is 0 Å². The predicted molar refractivity (Wildman–Crippen MR) is 227 cm³/mol. The van der Waals surface area contributed by atoms with Crippen molar-refractivity contribution in [1.82, 2.24) is 15.0 Å². The molecule has 0 spiro atoms. The quantitative estimate of drug-likeness (QED) is 0.170. The maximum atomic E-state index is 9.57. The van der Waals surface area contributed by atoms with Crippen LogP contribution in [0.2, 0.25) is 0 Å². The monoisotopic (exact) mass is 731 g/mol. The first-order valence-corrected chi connectivity index (χ1v) is 17.5. The standard InChI is InChI=1S/C51H31N3O2/c1-3-10-32(11-4-1)34-18-20-36(21-19-34)38-27-29-46-44(30-38)41-28-26-39(31-47(41)55-46)50-52-49(37-24-22-35(23-25-37)33-12-5-2-6-13-33)53-51(54-50)43-16-9-15-42-40-14-7-8-17-45(40)56-48(42)43/h1-31H/i1D,3D,4D,10D,11D,18D,19D,20D,21D,26D,28D,29D,30D,31D. The molecule has 0 saturated heterocycles. The average Bonchev–Trinajstić information content (AvgIpc) is 3.98. The summed E-state index contributed by atoms with van der Waals surface area (Å²) in [4.78, 5) is 14.5. The van der Waals surface area contributed by atoms with E-state index in [-0.39, 0.29) is 50.5 Å². The smallest absolute Gasteiger partial charge is 0.167 e. The van der Waals surface area contributed by atoms with Crippen LogP contribution in [-0.2, 0) is 0 Å². The lowest BCUT2D eigenvalue weighted by molar-refractivity contribution is 0.668. The molecule has 56 heavy (non-hydrogen) atoms. The Kier molecular flexibility index (Phi) is 4.83. The van der Waals surface area contributed by atoms with Crippen molar-refractivity contribution in [3.8, 4) is 67.5 Å². The Morgan fingerprint density at radius 2 is 0.982 bits per heavy atom. The van der Waals surface area contributed by atoms with E-state index < -0.39 is 101 Å². The summed E-state index contributed by atoms with van der Waals surface area (Å²) in [5.41, 5.74) is 1.59. The lowest BCUT2D eigenvalue weighted by atomic mass is 9.99. The van der Waals surface area contributed by atoms with Gasteiger partial charge in [-0.15, -0.1) is 0 Å². The lowest BCUT2D eigenvalue weighted by Crippen LogP contribution is -2.00. The molecule has 0 atom stereocenters. The Labute approximate surface area is 341 Å². The van der Waals surface area contributed by atoms with Crippen molar-refractivity contribution < 1.29 is 28.0 Å². The molecular formula is C51H31N3O2. The predicted octanol–water partition coefficient (Wildman–Crippen LogP) is 13.7. The lowest BCUT2D eigenvalue weighted by Gasteiger charge is -2.09. The Bertz CT molecular complexity index is 4010. The van der Waals surface area contributed by atoms with Crippen molar-refractivity contribution >= 4 is 43.9 Å². The Balaban J connectivity index is 1.12. The zero-order chi connectivity index (χ0) is 49.2. The molecule has 8 aromatic carbocycles. The van der Waals surface area contributed by atoms with Gasteiger partial charge in [-0.05, 0) is 69.7 Å². The highest BCUT2D eigenvalue weighted by atomic mass is 16.3. The molecule has 0 saturated carbocycles. The van der Waals surface area contributed by atoms with Crippen molar-refractivity contribution in [2.24, 2.45) is 0 Å². The molecular weight excluding hydrogens is 687 g/mol. The molecule has 11 aromatic rings. The first kappa shape index (κ1) is 20.7. The number of nitrogens with zero attached hydrogens (tertiary/aromatic N) is 3. The van der Waals surface area contributed by atoms with Gasteiger partial charge < -0.3 is 8.83 Å². The van der Waals surface area contributed by atoms with E-state index in [4.69, 9.17) is 37.5 Å². The van der Waals surface area contributed by atoms with Crippen LogP contribution in [0.25, 0.3) is 111 Å². The third-order valence-corrected chi connectivity index (χ3v) is 9.47. The molecule has 0 radical (unpaired) electrons. The molecule has 3 heterocycles. The number of hydrogen-bond donors (Lipinski definition) is 0. The maximum Gasteiger partial charge on any atom is 0.167 e. The minimum absolute atomic E-state index is 0.146. The van der Waals surface area contributed by atoms with Crippen LogP contribution in [0, 0.1) is 0 Å². The molecule has 0 unspecified atom stereocenters. The van der Waals surface area contributed by atoms with E-state index in [1.807, 2.05) is 91.0 Å². The Morgan fingerprint density at radius 1 is 0.339 bits per heavy atom. The van der Waals surface area contributed by atoms with Crippen LogP contribution in [0.1, 0.15) is 19.2 Å². The molecule has 5 heteroatoms. The zero-order valence-electron chi connectivity index (χ0n) is 43.0. The number of para-hydroxylation sites is 2. The van der Waals surface area contributed by atoms with Crippen LogP contribution >= 0.6 is 0 Å². The Morgan fingerprint density at radius 3 is 1.80 bits per heavy atom. The maximum absolute atomic E-state index is 9.57. The second-order valence-corrected chi connectivity index (χ2v) is 12.9. The van der Waals surface area contributed by atoms with Crippen molar-refractivity contribution in [2.75, 3.05) is 0 Å². The van der Waals surface area contributed by atoms with Gasteiger partial charge in [-0.1, -0.05) is 151 Å². The summed E-state index contributed by atoms with van der Waals surface area (Å²) in [6.07, 6.45) is 0. The molecule has 0 fully saturated rings. The SMILES string of the molecule is [2H]c1c([2H])c([2H])c(-c2c([2H])c([2H])c(-c3cc([2H])c4oc5c([2H])c(-c6nc(-c7ccc(-c8ccccc8)cc7)nc(-c7cccc8c7oc7ccccc78)n6)c([2H])c([2H])c5c4c3[2H])c([2H])c2[2H])c([2H])c1[2H]. The van der Waals surface area contributed by atoms with Crippen LogP contribution in [0.15, 0.2) is 197 Å². The van der Waals surface area contributed by atoms with Gasteiger partial charge in [0.25, 0.3) is 0 Å². The van der Waals surface area contributed by atoms with Gasteiger partial charge in [0.1, 0.15) is 22.3 Å². The molecule has 5 nitrogen and oxygen atoms in total. The van der Waals surface area contributed by atoms with Gasteiger partial charge in [0, 0.05) is 32.7 Å². The second kappa shape index (κ2) is 13.0. The summed E-state index contributed by atoms with van der Waals surface area (Å²) in [6.45, 7) is 0. The number of aromatic nitrogens is 3. The number of furan rings is 2. The number of fused-ring (bicyclic) bond motifs is 6. The van der Waals surface area contributed by atoms with E-state index in [2.05, 4.69) is 0 Å². The van der Waals surface area contributed by atoms with E-state index in [0.29, 0.717) is 22.3 Å². The van der Waals surface area contributed by atoms with Gasteiger partial charge >= 0.3 is 0 Å². The van der Waals surface area contributed by atoms with Crippen LogP contribution in [0.5, 0.6) is 0 Å². The summed E-state index contributed by atoms with van der Waals surface area (Å²) in [5, 5.41) is 1.28. The fraction of sp³-hybridized carbons (Fsp3) is 0. The number of benzene rings is 8. The van der Waals surface area contributed by atoms with E-state index in [9.17, 15) is 5.48 Å². The second-order valence-electron chi connectivity index (χ2n) is 12.9. The number of hydrogen-bond acceptors (Lipinski definition) is 5. The molecule has 3 aromatic heterocycles. The first-order chi connectivity index (χ1) is 33.6. The summed E-state index contributed by atoms with van der Waals surface area (Å²) in [7, 11) is 0. The first-order valence-electron chi connectivity index (χ1n) is 24.5. The molecule has 11 rings (SSSR count). The molecule has 0 aliphatic heterocycles. The molecule has 262 valence electrons. The van der Waals surface area contributed by atoms with Crippen LogP contribution in [-0.4, -0.2) is 15.0 Å². The Hall–Kier alpha value is -7.63. The van der Waals surface area contributed by atoms with Gasteiger partial charge in [0.2, 0.25) is 0 Å². The molecule has 0 bridgehead atoms. The highest BCUT2D eigenvalue weighted by molar-refractivity contribution is 6.09. The minimum Gasteiger partial charge on any atom is -0.456 e. The van der Waals surface area contributed by atoms with Crippen molar-refractivity contribution in [3.63, 3.8) is 0 Å². The summed E-state index contributed by atoms with van der Waals surface area (Å²) >= 11 is 0. The molecule has 0 aliphatic carbocycles. The minimum atomic E-state index is -0.759.